The van der Waals surface area contributed by atoms with E-state index in [0.29, 0.717) is 12.0 Å². The number of rotatable bonds is 4. The molecular formula is C10H19NO3S. The first-order valence-electron chi connectivity index (χ1n) is 5.44. The molecule has 0 aromatic rings. The van der Waals surface area contributed by atoms with Gasteiger partial charge in [0, 0.05) is 18.6 Å². The van der Waals surface area contributed by atoms with E-state index >= 15 is 0 Å². The van der Waals surface area contributed by atoms with Crippen LogP contribution >= 0.6 is 0 Å². The van der Waals surface area contributed by atoms with Crippen LogP contribution in [0.25, 0.3) is 0 Å². The second kappa shape index (κ2) is 3.43. The number of hydrogen-bond donors (Lipinski definition) is 2. The van der Waals surface area contributed by atoms with E-state index in [0.717, 1.165) is 19.1 Å². The minimum Gasteiger partial charge on any atom is -0.396 e. The quantitative estimate of drug-likeness (QED) is 0.742. The summed E-state index contributed by atoms with van der Waals surface area (Å²) in [6, 6.07) is 0. The number of sulfonamides is 1. The molecule has 2 aliphatic rings. The molecule has 0 aromatic carbocycles. The topological polar surface area (TPSA) is 66.4 Å². The fourth-order valence-electron chi connectivity index (χ4n) is 3.15. The lowest BCUT2D eigenvalue weighted by atomic mass is 9.45. The van der Waals surface area contributed by atoms with Gasteiger partial charge in [-0.3, -0.25) is 0 Å². The van der Waals surface area contributed by atoms with Crippen molar-refractivity contribution in [3.8, 4) is 0 Å². The van der Waals surface area contributed by atoms with Gasteiger partial charge in [0.1, 0.15) is 0 Å². The molecule has 0 atom stereocenters. The van der Waals surface area contributed by atoms with Gasteiger partial charge in [0.25, 0.3) is 0 Å². The highest BCUT2D eigenvalue weighted by atomic mass is 32.2. The van der Waals surface area contributed by atoms with E-state index in [9.17, 15) is 13.5 Å². The lowest BCUT2D eigenvalue weighted by molar-refractivity contribution is -0.116. The second-order valence-corrected chi connectivity index (χ2v) is 7.29. The monoisotopic (exact) mass is 233 g/mol. The van der Waals surface area contributed by atoms with Crippen molar-refractivity contribution >= 4 is 10.0 Å². The molecule has 2 fully saturated rings. The zero-order valence-electron chi connectivity index (χ0n) is 9.12. The van der Waals surface area contributed by atoms with Gasteiger partial charge in [-0.1, -0.05) is 6.42 Å². The maximum atomic E-state index is 11.0. The summed E-state index contributed by atoms with van der Waals surface area (Å²) in [7, 11) is -3.13. The molecule has 0 radical (unpaired) electrons. The van der Waals surface area contributed by atoms with Crippen LogP contribution in [0.5, 0.6) is 0 Å². The number of aliphatic hydroxyl groups is 1. The lowest BCUT2D eigenvalue weighted by Crippen LogP contribution is -2.56. The van der Waals surface area contributed by atoms with E-state index in [2.05, 4.69) is 4.72 Å². The van der Waals surface area contributed by atoms with Crippen molar-refractivity contribution in [2.24, 2.45) is 10.8 Å². The average Bonchev–Trinajstić information content (AvgIpc) is 1.98. The summed E-state index contributed by atoms with van der Waals surface area (Å²) in [4.78, 5) is 0. The summed E-state index contributed by atoms with van der Waals surface area (Å²) in [6.07, 6.45) is 6.94. The van der Waals surface area contributed by atoms with Crippen LogP contribution in [0.15, 0.2) is 0 Å². The highest BCUT2D eigenvalue weighted by molar-refractivity contribution is 7.88. The molecule has 88 valence electrons. The summed E-state index contributed by atoms with van der Waals surface area (Å²) in [6.45, 7) is 0.487. The van der Waals surface area contributed by atoms with E-state index < -0.39 is 10.0 Å². The first-order chi connectivity index (χ1) is 6.89. The van der Waals surface area contributed by atoms with Crippen LogP contribution in [0.1, 0.15) is 32.1 Å². The average molecular weight is 233 g/mol. The first-order valence-corrected chi connectivity index (χ1v) is 7.34. The molecular weight excluding hydrogens is 214 g/mol. The van der Waals surface area contributed by atoms with E-state index in [1.807, 2.05) is 0 Å². The zero-order valence-corrected chi connectivity index (χ0v) is 9.94. The Morgan fingerprint density at radius 3 is 2.27 bits per heavy atom. The first kappa shape index (κ1) is 11.4. The molecule has 0 amide bonds. The van der Waals surface area contributed by atoms with Gasteiger partial charge < -0.3 is 5.11 Å². The molecule has 0 aliphatic heterocycles. The van der Waals surface area contributed by atoms with E-state index in [1.165, 1.54) is 19.3 Å². The van der Waals surface area contributed by atoms with Crippen LogP contribution in [0, 0.1) is 10.8 Å². The summed E-state index contributed by atoms with van der Waals surface area (Å²) < 4.78 is 24.5. The third-order valence-corrected chi connectivity index (χ3v) is 4.63. The summed E-state index contributed by atoms with van der Waals surface area (Å²) in [5.74, 6) is 0. The van der Waals surface area contributed by atoms with Crippen LogP contribution in [-0.2, 0) is 10.0 Å². The molecule has 5 heteroatoms. The Labute approximate surface area is 91.1 Å². The summed E-state index contributed by atoms with van der Waals surface area (Å²) >= 11 is 0. The van der Waals surface area contributed by atoms with Crippen molar-refractivity contribution in [3.05, 3.63) is 0 Å². The van der Waals surface area contributed by atoms with Gasteiger partial charge in [-0.25, -0.2) is 13.1 Å². The smallest absolute Gasteiger partial charge is 0.208 e. The van der Waals surface area contributed by atoms with Crippen LogP contribution in [0.4, 0.5) is 0 Å². The van der Waals surface area contributed by atoms with Crippen LogP contribution in [0.3, 0.4) is 0 Å². The fraction of sp³-hybridized carbons (Fsp3) is 1.00. The second-order valence-electron chi connectivity index (χ2n) is 5.46. The predicted octanol–water partition coefficient (Wildman–Crippen LogP) is 0.478. The van der Waals surface area contributed by atoms with Crippen molar-refractivity contribution in [1.82, 2.24) is 4.72 Å². The number of aliphatic hydroxyl groups excluding tert-OH is 1. The molecule has 15 heavy (non-hydrogen) atoms. The Hall–Kier alpha value is -0.130. The molecule has 0 bridgehead atoms. The molecule has 0 heterocycles. The molecule has 0 unspecified atom stereocenters. The Kier molecular flexibility index (Phi) is 2.60. The van der Waals surface area contributed by atoms with Crippen LogP contribution in [0.2, 0.25) is 0 Å². The SMILES string of the molecule is CS(=O)(=O)NCC1(CO)CC2(CCC2)C1. The number of nitrogens with one attached hydrogen (secondary N) is 1. The molecule has 2 aliphatic carbocycles. The Morgan fingerprint density at radius 1 is 1.33 bits per heavy atom. The third-order valence-electron chi connectivity index (χ3n) is 3.96. The fourth-order valence-corrected chi connectivity index (χ4v) is 3.71. The predicted molar refractivity (Wildman–Crippen MR) is 57.9 cm³/mol. The number of hydrogen-bond acceptors (Lipinski definition) is 3. The van der Waals surface area contributed by atoms with Gasteiger partial charge >= 0.3 is 0 Å². The van der Waals surface area contributed by atoms with Gasteiger partial charge in [0.2, 0.25) is 10.0 Å². The minimum atomic E-state index is -3.13. The molecule has 2 N–H and O–H groups in total. The molecule has 1 spiro atoms. The van der Waals surface area contributed by atoms with Crippen molar-refractivity contribution in [3.63, 3.8) is 0 Å². The maximum absolute atomic E-state index is 11.0. The van der Waals surface area contributed by atoms with E-state index in [-0.39, 0.29) is 12.0 Å². The van der Waals surface area contributed by atoms with E-state index in [4.69, 9.17) is 0 Å². The Balaban J connectivity index is 1.89. The Morgan fingerprint density at radius 2 is 1.93 bits per heavy atom. The molecule has 0 saturated heterocycles. The van der Waals surface area contributed by atoms with Crippen molar-refractivity contribution in [1.29, 1.82) is 0 Å². The summed E-state index contributed by atoms with van der Waals surface area (Å²) in [5.41, 5.74) is 0.283. The Bertz CT molecular complexity index is 338. The van der Waals surface area contributed by atoms with Crippen molar-refractivity contribution in [2.75, 3.05) is 19.4 Å². The third kappa shape index (κ3) is 2.19. The normalized spacial score (nSPS) is 27.1. The highest BCUT2D eigenvalue weighted by Gasteiger charge is 2.56. The van der Waals surface area contributed by atoms with Gasteiger partial charge in [-0.15, -0.1) is 0 Å². The molecule has 4 nitrogen and oxygen atoms in total. The standard InChI is InChI=1S/C10H19NO3S/c1-15(13,14)11-7-10(8-12)5-9(6-10)3-2-4-9/h11-12H,2-8H2,1H3. The van der Waals surface area contributed by atoms with Gasteiger partial charge in [-0.05, 0) is 31.1 Å². The van der Waals surface area contributed by atoms with Gasteiger partial charge in [-0.2, -0.15) is 0 Å². The van der Waals surface area contributed by atoms with Crippen molar-refractivity contribution < 1.29 is 13.5 Å². The maximum Gasteiger partial charge on any atom is 0.208 e. The zero-order chi connectivity index (χ0) is 11.2. The summed E-state index contributed by atoms with van der Waals surface area (Å²) in [5, 5.41) is 9.35. The van der Waals surface area contributed by atoms with Gasteiger partial charge in [0.15, 0.2) is 0 Å². The lowest BCUT2D eigenvalue weighted by Gasteiger charge is -2.60. The highest BCUT2D eigenvalue weighted by Crippen LogP contribution is 2.63. The molecule has 2 rings (SSSR count). The van der Waals surface area contributed by atoms with E-state index in [1.54, 1.807) is 0 Å². The van der Waals surface area contributed by atoms with Crippen LogP contribution < -0.4 is 4.72 Å². The molecule has 0 aromatic heterocycles. The minimum absolute atomic E-state index is 0.0945. The van der Waals surface area contributed by atoms with Gasteiger partial charge in [0.05, 0.1) is 6.26 Å². The van der Waals surface area contributed by atoms with Crippen LogP contribution in [-0.4, -0.2) is 32.9 Å². The van der Waals surface area contributed by atoms with Crippen molar-refractivity contribution in [2.45, 2.75) is 32.1 Å². The largest absolute Gasteiger partial charge is 0.396 e. The molecule has 2 saturated carbocycles.